The van der Waals surface area contributed by atoms with Crippen LogP contribution in [0.4, 0.5) is 5.13 Å². The highest BCUT2D eigenvalue weighted by Crippen LogP contribution is 2.41. The molecule has 45 heavy (non-hydrogen) atoms. The van der Waals surface area contributed by atoms with E-state index in [0.29, 0.717) is 17.7 Å². The molecule has 0 radical (unpaired) electrons. The molecule has 2 aromatic rings. The van der Waals surface area contributed by atoms with Gasteiger partial charge in [-0.05, 0) is 36.3 Å². The Balaban J connectivity index is 1.39. The van der Waals surface area contributed by atoms with Crippen LogP contribution in [0.2, 0.25) is 0 Å². The molecule has 2 aliphatic heterocycles. The highest BCUT2D eigenvalue weighted by atomic mass is 32.2. The summed E-state index contributed by atoms with van der Waals surface area (Å²) in [5, 5.41) is 7.48. The van der Waals surface area contributed by atoms with Crippen LogP contribution < -0.4 is 21.7 Å². The van der Waals surface area contributed by atoms with Gasteiger partial charge in [-0.1, -0.05) is 24.2 Å². The lowest BCUT2D eigenvalue weighted by Crippen LogP contribution is -2.71. The van der Waals surface area contributed by atoms with Gasteiger partial charge >= 0.3 is 17.9 Å². The highest BCUT2D eigenvalue weighted by molar-refractivity contribution is 8.00. The summed E-state index contributed by atoms with van der Waals surface area (Å²) < 4.78 is 10.3. The summed E-state index contributed by atoms with van der Waals surface area (Å²) in [5.41, 5.74) is 11.4. The predicted octanol–water partition coefficient (Wildman–Crippen LogP) is 0.849. The molecule has 4 rings (SSSR count). The van der Waals surface area contributed by atoms with Crippen LogP contribution in [0.5, 0.6) is 5.75 Å². The lowest BCUT2D eigenvalue weighted by molar-refractivity contribution is -0.211. The molecule has 3 heterocycles. The molecule has 1 fully saturated rings. The second-order valence-corrected chi connectivity index (χ2v) is 11.0. The molecule has 0 saturated carbocycles. The van der Waals surface area contributed by atoms with Gasteiger partial charge in [0.25, 0.3) is 11.8 Å². The van der Waals surface area contributed by atoms with E-state index in [1.807, 2.05) is 13.0 Å². The third-order valence-corrected chi connectivity index (χ3v) is 8.04. The van der Waals surface area contributed by atoms with Crippen LogP contribution in [-0.2, 0) is 38.4 Å². The number of amides is 2. The fourth-order valence-corrected chi connectivity index (χ4v) is 5.85. The molecule has 1 aromatic heterocycles. The van der Waals surface area contributed by atoms with Crippen LogP contribution in [0, 0.1) is 0 Å². The van der Waals surface area contributed by atoms with Crippen molar-refractivity contribution in [1.82, 2.24) is 15.2 Å². The first-order chi connectivity index (χ1) is 21.7. The summed E-state index contributed by atoms with van der Waals surface area (Å²) in [6.45, 7) is 0.800. The van der Waals surface area contributed by atoms with Crippen LogP contribution in [0.25, 0.3) is 0 Å². The number of thioether (sulfide) groups is 1. The Bertz CT molecular complexity index is 1560. The summed E-state index contributed by atoms with van der Waals surface area (Å²) in [5.74, 6) is -3.30. The van der Waals surface area contributed by atoms with Gasteiger partial charge in [0.2, 0.25) is 6.79 Å². The number of allylic oxidation sites excluding steroid dienone is 2. The molecule has 16 nitrogen and oxygen atoms in total. The van der Waals surface area contributed by atoms with Gasteiger partial charge in [0.05, 0.1) is 12.1 Å². The minimum atomic E-state index is -0.983. The summed E-state index contributed by atoms with van der Waals surface area (Å²) >= 11 is 2.45. The van der Waals surface area contributed by atoms with Crippen molar-refractivity contribution >= 4 is 63.7 Å². The smallest absolute Gasteiger partial charge is 0.368 e. The lowest BCUT2D eigenvalue weighted by atomic mass is 10.0. The number of rotatable bonds is 13. The fourth-order valence-electron chi connectivity index (χ4n) is 3.99. The van der Waals surface area contributed by atoms with E-state index in [0.717, 1.165) is 11.3 Å². The van der Waals surface area contributed by atoms with E-state index in [1.54, 1.807) is 6.08 Å². The zero-order chi connectivity index (χ0) is 32.5. The maximum absolute atomic E-state index is 13.3. The van der Waals surface area contributed by atoms with Gasteiger partial charge in [0, 0.05) is 11.1 Å². The van der Waals surface area contributed by atoms with Gasteiger partial charge < -0.3 is 31.1 Å². The topological polar surface area (TPSA) is 224 Å². The zero-order valence-corrected chi connectivity index (χ0v) is 25.6. The SMILES string of the molecule is CC/C=C\C1=C(C(=O)OCOC(=O)c2ccc(OOC(=O)CN)cc2)N2C(=O)C(NC(=O)/C(=N\OC)c3csc(N)n3)C2SC1. The Kier molecular flexibility index (Phi) is 11.1. The van der Waals surface area contributed by atoms with E-state index in [9.17, 15) is 24.0 Å². The Morgan fingerprint density at radius 3 is 2.56 bits per heavy atom. The number of hydrogen-bond acceptors (Lipinski definition) is 16. The van der Waals surface area contributed by atoms with Crippen LogP contribution in [0.1, 0.15) is 29.4 Å². The average Bonchev–Trinajstić information content (AvgIpc) is 3.48. The molecular formula is C27H28N6O10S2. The van der Waals surface area contributed by atoms with Crippen molar-refractivity contribution in [3.63, 3.8) is 0 Å². The molecule has 2 atom stereocenters. The minimum Gasteiger partial charge on any atom is -0.424 e. The van der Waals surface area contributed by atoms with Crippen LogP contribution in [-0.4, -0.2) is 82.9 Å². The van der Waals surface area contributed by atoms with E-state index >= 15 is 0 Å². The maximum Gasteiger partial charge on any atom is 0.368 e. The predicted molar refractivity (Wildman–Crippen MR) is 160 cm³/mol. The molecule has 2 unspecified atom stereocenters. The Morgan fingerprint density at radius 2 is 1.91 bits per heavy atom. The molecule has 5 N–H and O–H groups in total. The van der Waals surface area contributed by atoms with Crippen molar-refractivity contribution in [2.75, 3.05) is 31.9 Å². The standard InChI is InChI=1S/C27H28N6O10S2/c1-3-4-5-15-11-44-24-20(31-22(35)19(32-39-2)17-12-45-27(29)30-17)23(36)33(24)21(15)26(38)41-13-40-25(37)14-6-8-16(9-7-14)42-43-18(34)10-28/h4-9,12,20,24H,3,10-11,13,28H2,1-2H3,(H2,29,30)(H,31,35)/b5-4-,32-19-. The number of ether oxygens (including phenoxy) is 2. The van der Waals surface area contributed by atoms with E-state index in [1.165, 1.54) is 53.4 Å². The Hall–Kier alpha value is -4.94. The van der Waals surface area contributed by atoms with Crippen LogP contribution in [0.3, 0.4) is 0 Å². The van der Waals surface area contributed by atoms with Gasteiger partial charge in [-0.25, -0.2) is 24.3 Å². The molecule has 0 aliphatic carbocycles. The summed E-state index contributed by atoms with van der Waals surface area (Å²) in [6.07, 6.45) is 4.21. The third-order valence-electron chi connectivity index (χ3n) is 6.06. The van der Waals surface area contributed by atoms with E-state index < -0.39 is 47.9 Å². The van der Waals surface area contributed by atoms with Gasteiger partial charge in [-0.15, -0.1) is 23.1 Å². The number of carbonyl (C=O) groups excluding carboxylic acids is 5. The third kappa shape index (κ3) is 7.78. The number of esters is 2. The molecule has 1 saturated heterocycles. The lowest BCUT2D eigenvalue weighted by Gasteiger charge is -2.49. The normalized spacial score (nSPS) is 17.7. The van der Waals surface area contributed by atoms with Crippen molar-refractivity contribution in [3.8, 4) is 5.75 Å². The monoisotopic (exact) mass is 660 g/mol. The van der Waals surface area contributed by atoms with E-state index in [-0.39, 0.29) is 40.1 Å². The first kappa shape index (κ1) is 33.0. The Morgan fingerprint density at radius 1 is 1.18 bits per heavy atom. The molecule has 2 amide bonds. The minimum absolute atomic E-state index is 0.0263. The van der Waals surface area contributed by atoms with E-state index in [4.69, 9.17) is 30.7 Å². The molecule has 18 heteroatoms. The van der Waals surface area contributed by atoms with Crippen molar-refractivity contribution in [3.05, 3.63) is 64.3 Å². The summed E-state index contributed by atoms with van der Waals surface area (Å²) in [6, 6.07) is 4.40. The van der Waals surface area contributed by atoms with Gasteiger partial charge in [-0.2, -0.15) is 0 Å². The number of oxime groups is 1. The molecule has 0 spiro atoms. The number of nitrogens with zero attached hydrogens (tertiary/aromatic N) is 3. The molecule has 0 bridgehead atoms. The second kappa shape index (κ2) is 15.2. The number of nitrogens with two attached hydrogens (primary N) is 2. The van der Waals surface area contributed by atoms with Crippen LogP contribution >= 0.6 is 23.1 Å². The second-order valence-electron chi connectivity index (χ2n) is 8.99. The number of fused-ring (bicyclic) bond motifs is 1. The number of aromatic nitrogens is 1. The van der Waals surface area contributed by atoms with E-state index in [2.05, 4.69) is 20.3 Å². The highest BCUT2D eigenvalue weighted by Gasteiger charge is 2.54. The maximum atomic E-state index is 13.3. The number of nitrogen functional groups attached to an aromatic ring is 1. The first-order valence-corrected chi connectivity index (χ1v) is 15.1. The molecule has 238 valence electrons. The Labute approximate surface area is 264 Å². The number of β-lactam (4-membered cyclic amide) rings is 1. The number of hydrogen-bond donors (Lipinski definition) is 3. The summed E-state index contributed by atoms with van der Waals surface area (Å²) in [7, 11) is 1.26. The van der Waals surface area contributed by atoms with Gasteiger partial charge in [0.15, 0.2) is 16.6 Å². The largest absolute Gasteiger partial charge is 0.424 e. The van der Waals surface area contributed by atoms with Gasteiger partial charge in [-0.3, -0.25) is 19.4 Å². The number of carbonyl (C=O) groups is 5. The van der Waals surface area contributed by atoms with Crippen molar-refractivity contribution in [2.24, 2.45) is 10.9 Å². The number of anilines is 1. The fraction of sp³-hybridized carbons (Fsp3) is 0.296. The number of benzene rings is 1. The average molecular weight is 661 g/mol. The quantitative estimate of drug-likeness (QED) is 0.0677. The van der Waals surface area contributed by atoms with Crippen molar-refractivity contribution in [1.29, 1.82) is 0 Å². The first-order valence-electron chi connectivity index (χ1n) is 13.2. The number of thiazole rings is 1. The number of nitrogens with one attached hydrogen (secondary N) is 1. The van der Waals surface area contributed by atoms with Crippen molar-refractivity contribution < 1.29 is 48.1 Å². The molecular weight excluding hydrogens is 632 g/mol. The summed E-state index contributed by atoms with van der Waals surface area (Å²) in [4.78, 5) is 82.3. The van der Waals surface area contributed by atoms with Gasteiger partial charge in [0.1, 0.15) is 29.9 Å². The molecule has 2 aliphatic rings. The molecule has 1 aromatic carbocycles. The van der Waals surface area contributed by atoms with Crippen molar-refractivity contribution in [2.45, 2.75) is 24.8 Å². The van der Waals surface area contributed by atoms with Crippen LogP contribution in [0.15, 0.2) is 58.2 Å². The zero-order valence-electron chi connectivity index (χ0n) is 23.9.